The van der Waals surface area contributed by atoms with Gasteiger partial charge in [0.15, 0.2) is 17.4 Å². The van der Waals surface area contributed by atoms with Crippen molar-refractivity contribution in [3.8, 4) is 17.6 Å². The molecule has 4 heterocycles. The van der Waals surface area contributed by atoms with Gasteiger partial charge in [-0.3, -0.25) is 24.5 Å². The van der Waals surface area contributed by atoms with Gasteiger partial charge in [-0.05, 0) is 68.7 Å². The zero-order chi connectivity index (χ0) is 44.9. The molecule has 16 nitrogen and oxygen atoms in total. The van der Waals surface area contributed by atoms with E-state index in [-0.39, 0.29) is 67.3 Å². The molecule has 2 aromatic heterocycles. The van der Waals surface area contributed by atoms with E-state index in [9.17, 15) is 14.9 Å². The van der Waals surface area contributed by atoms with Gasteiger partial charge in [0.2, 0.25) is 11.9 Å². The second-order valence-corrected chi connectivity index (χ2v) is 17.8. The first-order chi connectivity index (χ1) is 30.3. The Morgan fingerprint density at radius 1 is 0.984 bits per heavy atom. The number of fused-ring (bicyclic) bond motifs is 3. The third kappa shape index (κ3) is 9.23. The molecule has 0 radical (unpaired) electrons. The summed E-state index contributed by atoms with van der Waals surface area (Å²) in [4.78, 5) is 37.9. The zero-order valence-electron chi connectivity index (χ0n) is 36.9. The number of carbonyl (C=O) groups excluding carboxylic acids is 1. The number of H-pyrrole nitrogens is 1. The molecule has 3 aromatic carbocycles. The molecule has 2 saturated heterocycles. The van der Waals surface area contributed by atoms with Crippen LogP contribution in [-0.4, -0.2) is 94.0 Å². The zero-order valence-corrected chi connectivity index (χ0v) is 37.8. The maximum atomic E-state index is 13.4. The van der Waals surface area contributed by atoms with Gasteiger partial charge >= 0.3 is 0 Å². The summed E-state index contributed by atoms with van der Waals surface area (Å²) in [6.07, 6.45) is -0.514. The minimum atomic E-state index is -1.81. The molecule has 2 N–H and O–H groups in total. The Morgan fingerprint density at radius 3 is 2.17 bits per heavy atom. The maximum Gasteiger partial charge on any atom is 0.280 e. The quantitative estimate of drug-likeness (QED) is 0.0474. The van der Waals surface area contributed by atoms with Crippen LogP contribution in [0.15, 0.2) is 90.0 Å². The van der Waals surface area contributed by atoms with E-state index in [1.54, 1.807) is 32.6 Å². The summed E-state index contributed by atoms with van der Waals surface area (Å²) in [7, 11) is 1.45. The summed E-state index contributed by atoms with van der Waals surface area (Å²) >= 11 is 0. The molecule has 1 unspecified atom stereocenters. The van der Waals surface area contributed by atoms with Gasteiger partial charge in [-0.15, -0.1) is 0 Å². The van der Waals surface area contributed by atoms with E-state index in [0.29, 0.717) is 17.9 Å². The minimum absolute atomic E-state index is 0.00753. The fraction of sp³-hybridized carbons (Fsp3) is 0.457. The first-order valence-electron chi connectivity index (χ1n) is 21.2. The number of benzene rings is 3. The number of ether oxygens (including phenoxy) is 5. The van der Waals surface area contributed by atoms with Crippen molar-refractivity contribution in [1.29, 1.82) is 5.26 Å². The number of nitrogens with one attached hydrogen (secondary N) is 2. The van der Waals surface area contributed by atoms with E-state index in [1.165, 1.54) is 6.33 Å². The number of rotatable bonds is 19. The number of aromatic nitrogens is 4. The fourth-order valence-corrected chi connectivity index (χ4v) is 10.1. The van der Waals surface area contributed by atoms with Gasteiger partial charge in [0.1, 0.15) is 34.9 Å². The number of carbonyl (C=O) groups is 1. The van der Waals surface area contributed by atoms with E-state index in [0.717, 1.165) is 16.7 Å². The summed E-state index contributed by atoms with van der Waals surface area (Å²) < 4.78 is 50.2. The van der Waals surface area contributed by atoms with Gasteiger partial charge in [0.05, 0.1) is 52.9 Å². The van der Waals surface area contributed by atoms with Gasteiger partial charge in [-0.1, -0.05) is 68.4 Å². The monoisotopic (exact) mass is 881 g/mol. The lowest BCUT2D eigenvalue weighted by Crippen LogP contribution is -2.54. The number of hydrogen-bond donors (Lipinski definition) is 2. The van der Waals surface area contributed by atoms with Gasteiger partial charge < -0.3 is 32.7 Å². The number of nitriles is 1. The molecule has 5 atom stereocenters. The Balaban J connectivity index is 1.39. The molecule has 2 bridgehead atoms. The molecule has 334 valence electrons. The van der Waals surface area contributed by atoms with Crippen LogP contribution in [0.4, 0.5) is 5.95 Å². The number of aromatic amines is 1. The molecule has 5 aromatic rings. The SMILES string of the molecule is COc1ccc(C(OC[C@@]23CCO[C@@H]([C@H](n4cnc5c(=O)[nH]c(NC(=O)C(C)C)nc54)O2)[C@@H]3OP(OCCC#N)N(C(C)C)C(C)C)(c2ccccc2)c2ccc(OC)cc2)cc1. The number of imidazole rings is 1. The topological polar surface area (TPSA) is 184 Å². The molecule has 0 spiro atoms. The molecule has 2 aliphatic rings. The summed E-state index contributed by atoms with van der Waals surface area (Å²) in [6, 6.07) is 27.8. The van der Waals surface area contributed by atoms with Crippen molar-refractivity contribution in [2.75, 3.05) is 39.4 Å². The van der Waals surface area contributed by atoms with Crippen molar-refractivity contribution in [3.05, 3.63) is 112 Å². The minimum Gasteiger partial charge on any atom is -0.497 e. The first-order valence-corrected chi connectivity index (χ1v) is 22.3. The van der Waals surface area contributed by atoms with Crippen molar-refractivity contribution in [2.45, 2.75) is 96.1 Å². The second-order valence-electron chi connectivity index (χ2n) is 16.4. The Kier molecular flexibility index (Phi) is 14.3. The highest BCUT2D eigenvalue weighted by Crippen LogP contribution is 2.56. The Hall–Kier alpha value is -5.24. The maximum absolute atomic E-state index is 13.4. The van der Waals surface area contributed by atoms with Crippen LogP contribution in [0.2, 0.25) is 0 Å². The number of hydrogen-bond acceptors (Lipinski definition) is 13. The molecule has 2 aliphatic heterocycles. The molecule has 1 amide bonds. The third-order valence-electron chi connectivity index (χ3n) is 11.3. The lowest BCUT2D eigenvalue weighted by atomic mass is 9.79. The summed E-state index contributed by atoms with van der Waals surface area (Å²) in [5, 5.41) is 12.2. The molecule has 17 heteroatoms. The Bertz CT molecular complexity index is 2370. The molecular formula is C46H56N7O9P. The van der Waals surface area contributed by atoms with E-state index >= 15 is 0 Å². The van der Waals surface area contributed by atoms with E-state index in [1.807, 2.05) is 78.9 Å². The van der Waals surface area contributed by atoms with Gasteiger partial charge in [0.25, 0.3) is 14.1 Å². The molecule has 0 saturated carbocycles. The molecular weight excluding hydrogens is 826 g/mol. The van der Waals surface area contributed by atoms with Crippen LogP contribution in [0, 0.1) is 17.2 Å². The number of amides is 1. The normalized spacial score (nSPS) is 20.4. The largest absolute Gasteiger partial charge is 0.497 e. The predicted molar refractivity (Wildman–Crippen MR) is 237 cm³/mol. The number of methoxy groups -OCH3 is 2. The van der Waals surface area contributed by atoms with Gasteiger partial charge in [-0.25, -0.2) is 9.65 Å². The second kappa shape index (κ2) is 19.7. The van der Waals surface area contributed by atoms with Crippen LogP contribution in [0.3, 0.4) is 0 Å². The van der Waals surface area contributed by atoms with Crippen LogP contribution in [0.1, 0.15) is 77.3 Å². The van der Waals surface area contributed by atoms with E-state index in [4.69, 9.17) is 32.7 Å². The van der Waals surface area contributed by atoms with Gasteiger partial charge in [-0.2, -0.15) is 10.2 Å². The number of nitrogens with zero attached hydrogens (tertiary/aromatic N) is 5. The van der Waals surface area contributed by atoms with E-state index < -0.39 is 43.7 Å². The molecule has 0 aliphatic carbocycles. The standard InChI is InChI=1S/C46H56N7O9P/c1-29(2)41(54)50-44-49-40-37(42(55)51-44)48-28-52(40)43-38-39(62-63(60-25-12-24-47)53(30(3)4)31(5)6)45(61-43,23-26-58-38)27-59-46(32-13-10-9-11-14-32,33-15-19-35(56-7)20-16-33)34-17-21-36(57-8)22-18-34/h9-11,13-22,28-31,38-39,43H,12,23,25-27H2,1-8H3,(H2,49,50,51,54,55)/t38-,39+,43-,45-,63?/m1/s1. The first kappa shape index (κ1) is 45.8. The average molecular weight is 882 g/mol. The van der Waals surface area contributed by atoms with Crippen molar-refractivity contribution in [3.63, 3.8) is 0 Å². The summed E-state index contributed by atoms with van der Waals surface area (Å²) in [6.45, 7) is 12.2. The highest BCUT2D eigenvalue weighted by atomic mass is 31.2. The predicted octanol–water partition coefficient (Wildman–Crippen LogP) is 7.46. The molecule has 63 heavy (non-hydrogen) atoms. The van der Waals surface area contributed by atoms with Crippen LogP contribution < -0.4 is 20.3 Å². The Labute approximate surface area is 368 Å². The van der Waals surface area contributed by atoms with Crippen LogP contribution >= 0.6 is 8.53 Å². The summed E-state index contributed by atoms with van der Waals surface area (Å²) in [5.74, 6) is 0.678. The summed E-state index contributed by atoms with van der Waals surface area (Å²) in [5.41, 5.74) is -0.166. The highest BCUT2D eigenvalue weighted by molar-refractivity contribution is 7.44. The van der Waals surface area contributed by atoms with Crippen molar-refractivity contribution >= 4 is 31.5 Å². The fourth-order valence-electron chi connectivity index (χ4n) is 8.25. The van der Waals surface area contributed by atoms with Crippen molar-refractivity contribution < 1.29 is 37.5 Å². The van der Waals surface area contributed by atoms with E-state index in [2.05, 4.69) is 58.7 Å². The average Bonchev–Trinajstić information content (AvgIpc) is 3.76. The number of anilines is 1. The van der Waals surface area contributed by atoms with Crippen molar-refractivity contribution in [2.24, 2.45) is 5.92 Å². The van der Waals surface area contributed by atoms with Crippen molar-refractivity contribution in [1.82, 2.24) is 24.2 Å². The third-order valence-corrected chi connectivity index (χ3v) is 13.4. The smallest absolute Gasteiger partial charge is 0.280 e. The van der Waals surface area contributed by atoms with Crippen LogP contribution in [0.5, 0.6) is 11.5 Å². The molecule has 2 fully saturated rings. The lowest BCUT2D eigenvalue weighted by molar-refractivity contribution is -0.168. The molecule has 7 rings (SSSR count). The lowest BCUT2D eigenvalue weighted by Gasteiger charge is -2.45. The Morgan fingerprint density at radius 2 is 1.60 bits per heavy atom. The van der Waals surface area contributed by atoms with Gasteiger partial charge in [0, 0.05) is 24.4 Å². The van der Waals surface area contributed by atoms with Crippen LogP contribution in [-0.2, 0) is 33.7 Å². The van der Waals surface area contributed by atoms with Crippen LogP contribution in [0.25, 0.3) is 11.2 Å². The highest BCUT2D eigenvalue weighted by Gasteiger charge is 2.62.